The van der Waals surface area contributed by atoms with E-state index >= 15 is 0 Å². The first kappa shape index (κ1) is 13.7. The average Bonchev–Trinajstić information content (AvgIpc) is 2.26. The van der Waals surface area contributed by atoms with E-state index in [0.717, 1.165) is 0 Å². The van der Waals surface area contributed by atoms with Gasteiger partial charge in [0.1, 0.15) is 12.4 Å². The van der Waals surface area contributed by atoms with Gasteiger partial charge in [0.05, 0.1) is 16.6 Å². The lowest BCUT2D eigenvalue weighted by atomic mass is 10.2. The number of nitro groups is 1. The van der Waals surface area contributed by atoms with Crippen LogP contribution in [0.25, 0.3) is 0 Å². The van der Waals surface area contributed by atoms with Crippen molar-refractivity contribution in [2.24, 2.45) is 0 Å². The van der Waals surface area contributed by atoms with E-state index < -0.39 is 46.7 Å². The summed E-state index contributed by atoms with van der Waals surface area (Å²) in [6, 6.07) is 0.808. The first-order valence-electron chi connectivity index (χ1n) is 4.45. The number of rotatable bonds is 5. The number of alkyl halides is 2. The van der Waals surface area contributed by atoms with Crippen LogP contribution in [0.3, 0.4) is 0 Å². The molecule has 0 bridgehead atoms. The van der Waals surface area contributed by atoms with Crippen LogP contribution in [0.15, 0.2) is 12.1 Å². The van der Waals surface area contributed by atoms with Crippen molar-refractivity contribution < 1.29 is 32.7 Å². The molecule has 0 saturated carbocycles. The fourth-order valence-corrected chi connectivity index (χ4v) is 1.12. The van der Waals surface area contributed by atoms with Gasteiger partial charge in [-0.15, -0.1) is 0 Å². The van der Waals surface area contributed by atoms with Gasteiger partial charge in [0.15, 0.2) is 5.75 Å². The van der Waals surface area contributed by atoms with E-state index in [-0.39, 0.29) is 0 Å². The Morgan fingerprint density at radius 3 is 2.56 bits per heavy atom. The zero-order valence-electron chi connectivity index (χ0n) is 8.60. The van der Waals surface area contributed by atoms with Crippen LogP contribution < -0.4 is 4.74 Å². The zero-order valence-corrected chi connectivity index (χ0v) is 8.60. The zero-order chi connectivity index (χ0) is 13.9. The summed E-state index contributed by atoms with van der Waals surface area (Å²) in [5, 5.41) is 19.1. The Bertz CT molecular complexity index is 491. The Kier molecular flexibility index (Phi) is 4.08. The van der Waals surface area contributed by atoms with Gasteiger partial charge in [0, 0.05) is 6.07 Å². The van der Waals surface area contributed by atoms with Crippen LogP contribution in [-0.2, 0) is 0 Å². The quantitative estimate of drug-likeness (QED) is 0.650. The molecule has 0 aliphatic heterocycles. The van der Waals surface area contributed by atoms with Crippen LogP contribution in [0.1, 0.15) is 10.4 Å². The molecule has 0 radical (unpaired) electrons. The van der Waals surface area contributed by atoms with E-state index in [9.17, 15) is 28.1 Å². The van der Waals surface area contributed by atoms with E-state index in [4.69, 9.17) is 5.11 Å². The highest BCUT2D eigenvalue weighted by Crippen LogP contribution is 2.30. The number of nitrogens with zero attached hydrogens (tertiary/aromatic N) is 1. The minimum atomic E-state index is -2.90. The van der Waals surface area contributed by atoms with Gasteiger partial charge in [-0.1, -0.05) is 0 Å². The van der Waals surface area contributed by atoms with Crippen LogP contribution in [0.4, 0.5) is 18.9 Å². The first-order chi connectivity index (χ1) is 8.32. The molecule has 1 aromatic carbocycles. The van der Waals surface area contributed by atoms with Crippen molar-refractivity contribution in [2.45, 2.75) is 6.43 Å². The molecule has 0 heterocycles. The first-order valence-corrected chi connectivity index (χ1v) is 4.45. The Morgan fingerprint density at radius 1 is 1.50 bits per heavy atom. The third kappa shape index (κ3) is 3.09. The van der Waals surface area contributed by atoms with E-state index in [1.807, 2.05) is 0 Å². The number of ether oxygens (including phenoxy) is 1. The summed E-state index contributed by atoms with van der Waals surface area (Å²) in [7, 11) is 0. The number of carboxylic acids is 1. The Labute approximate surface area is 97.7 Å². The van der Waals surface area contributed by atoms with Gasteiger partial charge in [-0.25, -0.2) is 18.0 Å². The molecule has 0 spiro atoms. The largest absolute Gasteiger partial charge is 0.481 e. The van der Waals surface area contributed by atoms with Gasteiger partial charge in [-0.05, 0) is 0 Å². The number of hydrogen-bond donors (Lipinski definition) is 1. The van der Waals surface area contributed by atoms with Gasteiger partial charge in [-0.3, -0.25) is 10.1 Å². The van der Waals surface area contributed by atoms with E-state index in [1.165, 1.54) is 0 Å². The van der Waals surface area contributed by atoms with Gasteiger partial charge in [0.25, 0.3) is 6.43 Å². The number of carboxylic acid groups (broad SMARTS) is 1. The highest BCUT2D eigenvalue weighted by molar-refractivity contribution is 5.89. The monoisotopic (exact) mass is 265 g/mol. The SMILES string of the molecule is O=C(O)c1cc(OCC(F)F)c([N+](=O)[O-])cc1F. The second-order valence-electron chi connectivity index (χ2n) is 3.06. The summed E-state index contributed by atoms with van der Waals surface area (Å²) in [6.07, 6.45) is -2.90. The predicted octanol–water partition coefficient (Wildman–Crippen LogP) is 2.08. The third-order valence-corrected chi connectivity index (χ3v) is 1.84. The molecule has 98 valence electrons. The molecule has 0 amide bonds. The molecule has 9 heteroatoms. The number of nitro benzene ring substituents is 1. The van der Waals surface area contributed by atoms with Crippen molar-refractivity contribution in [3.8, 4) is 5.75 Å². The van der Waals surface area contributed by atoms with Crippen LogP contribution in [-0.4, -0.2) is 29.0 Å². The Hall–Kier alpha value is -2.32. The Morgan fingerprint density at radius 2 is 2.11 bits per heavy atom. The van der Waals surface area contributed by atoms with Crippen molar-refractivity contribution >= 4 is 11.7 Å². The van der Waals surface area contributed by atoms with Crippen molar-refractivity contribution in [3.05, 3.63) is 33.6 Å². The molecule has 0 unspecified atom stereocenters. The molecule has 0 aromatic heterocycles. The molecular formula is C9H6F3NO5. The standard InChI is InChI=1S/C9H6F3NO5/c10-5-2-6(13(16)17)7(18-3-8(11)12)1-4(5)9(14)15/h1-2,8H,3H2,(H,14,15). The summed E-state index contributed by atoms with van der Waals surface area (Å²) in [5.74, 6) is -3.76. The fourth-order valence-electron chi connectivity index (χ4n) is 1.12. The minimum Gasteiger partial charge on any atom is -0.481 e. The van der Waals surface area contributed by atoms with E-state index in [2.05, 4.69) is 4.74 Å². The average molecular weight is 265 g/mol. The van der Waals surface area contributed by atoms with Crippen molar-refractivity contribution in [1.82, 2.24) is 0 Å². The lowest BCUT2D eigenvalue weighted by Crippen LogP contribution is -2.10. The number of carbonyl (C=O) groups is 1. The maximum atomic E-state index is 13.2. The summed E-state index contributed by atoms with van der Waals surface area (Å²) in [5.41, 5.74) is -1.82. The molecule has 1 aromatic rings. The van der Waals surface area contributed by atoms with Crippen molar-refractivity contribution in [2.75, 3.05) is 6.61 Å². The summed E-state index contributed by atoms with van der Waals surface area (Å²) in [4.78, 5) is 20.0. The topological polar surface area (TPSA) is 89.7 Å². The normalized spacial score (nSPS) is 10.4. The fraction of sp³-hybridized carbons (Fsp3) is 0.222. The lowest BCUT2D eigenvalue weighted by molar-refractivity contribution is -0.386. The smallest absolute Gasteiger partial charge is 0.338 e. The lowest BCUT2D eigenvalue weighted by Gasteiger charge is -2.07. The number of aromatic carboxylic acids is 1. The van der Waals surface area contributed by atoms with E-state index in [0.29, 0.717) is 12.1 Å². The maximum Gasteiger partial charge on any atom is 0.338 e. The van der Waals surface area contributed by atoms with Crippen molar-refractivity contribution in [3.63, 3.8) is 0 Å². The second kappa shape index (κ2) is 5.34. The maximum absolute atomic E-state index is 13.2. The molecule has 1 N–H and O–H groups in total. The van der Waals surface area contributed by atoms with Gasteiger partial charge < -0.3 is 9.84 Å². The molecule has 0 aliphatic rings. The molecular weight excluding hydrogens is 259 g/mol. The molecule has 0 atom stereocenters. The summed E-state index contributed by atoms with van der Waals surface area (Å²) < 4.78 is 41.3. The molecule has 6 nitrogen and oxygen atoms in total. The molecule has 0 fully saturated rings. The van der Waals surface area contributed by atoms with Crippen molar-refractivity contribution in [1.29, 1.82) is 0 Å². The molecule has 0 saturated heterocycles. The Balaban J connectivity index is 3.22. The number of hydrogen-bond acceptors (Lipinski definition) is 4. The highest BCUT2D eigenvalue weighted by Gasteiger charge is 2.23. The highest BCUT2D eigenvalue weighted by atomic mass is 19.3. The molecule has 1 rings (SSSR count). The van der Waals surface area contributed by atoms with E-state index in [1.54, 1.807) is 0 Å². The second-order valence-corrected chi connectivity index (χ2v) is 3.06. The number of halogens is 3. The van der Waals surface area contributed by atoms with Crippen LogP contribution in [0.2, 0.25) is 0 Å². The predicted molar refractivity (Wildman–Crippen MR) is 51.5 cm³/mol. The van der Waals surface area contributed by atoms with Crippen LogP contribution in [0.5, 0.6) is 5.75 Å². The molecule has 0 aliphatic carbocycles. The van der Waals surface area contributed by atoms with Crippen LogP contribution in [0, 0.1) is 15.9 Å². The van der Waals surface area contributed by atoms with Gasteiger partial charge in [-0.2, -0.15) is 0 Å². The van der Waals surface area contributed by atoms with Crippen LogP contribution >= 0.6 is 0 Å². The third-order valence-electron chi connectivity index (χ3n) is 1.84. The van der Waals surface area contributed by atoms with Gasteiger partial charge >= 0.3 is 11.7 Å². The summed E-state index contributed by atoms with van der Waals surface area (Å²) >= 11 is 0. The molecule has 18 heavy (non-hydrogen) atoms. The van der Waals surface area contributed by atoms with Gasteiger partial charge in [0.2, 0.25) is 0 Å². The minimum absolute atomic E-state index is 0.310. The number of benzene rings is 1. The summed E-state index contributed by atoms with van der Waals surface area (Å²) in [6.45, 7) is -1.16.